The van der Waals surface area contributed by atoms with Gasteiger partial charge in [0.2, 0.25) is 0 Å². The van der Waals surface area contributed by atoms with Crippen molar-refractivity contribution in [3.63, 3.8) is 0 Å². The lowest BCUT2D eigenvalue weighted by atomic mass is 10.2. The van der Waals surface area contributed by atoms with E-state index in [9.17, 15) is 0 Å². The van der Waals surface area contributed by atoms with E-state index in [1.807, 2.05) is 54.9 Å². The second-order valence-corrected chi connectivity index (χ2v) is 4.90. The van der Waals surface area contributed by atoms with Crippen molar-refractivity contribution >= 4 is 21.8 Å². The number of benzene rings is 2. The molecule has 0 aliphatic rings. The van der Waals surface area contributed by atoms with Crippen molar-refractivity contribution in [3.05, 3.63) is 92.0 Å². The normalized spacial score (nSPS) is 9.67. The Balaban J connectivity index is 0.000000112. The predicted octanol–water partition coefficient (Wildman–Crippen LogP) is 4.21. The summed E-state index contributed by atoms with van der Waals surface area (Å²) in [6.07, 6.45) is 10.5. The lowest BCUT2D eigenvalue weighted by Gasteiger charge is -1.91. The van der Waals surface area contributed by atoms with Crippen molar-refractivity contribution < 1.29 is 0 Å². The summed E-state index contributed by atoms with van der Waals surface area (Å²) in [6.45, 7) is 0. The van der Waals surface area contributed by atoms with Crippen LogP contribution in [0.4, 0.5) is 0 Å². The fourth-order valence-electron chi connectivity index (χ4n) is 2.12. The summed E-state index contributed by atoms with van der Waals surface area (Å²) in [5.41, 5.74) is 2.12. The van der Waals surface area contributed by atoms with Crippen LogP contribution in [0.25, 0.3) is 21.8 Å². The van der Waals surface area contributed by atoms with Crippen LogP contribution in [-0.2, 0) is 0 Å². The Morgan fingerprint density at radius 3 is 2.25 bits per heavy atom. The number of fused-ring (bicyclic) bond motifs is 2. The molecule has 2 N–H and O–H groups in total. The fraction of sp³-hybridized carbons (Fsp3) is 0. The zero-order valence-corrected chi connectivity index (χ0v) is 13.0. The first kappa shape index (κ1) is 15.4. The van der Waals surface area contributed by atoms with Gasteiger partial charge in [0.05, 0.1) is 23.7 Å². The van der Waals surface area contributed by atoms with E-state index < -0.39 is 0 Å². The lowest BCUT2D eigenvalue weighted by molar-refractivity contribution is 1.31. The number of rotatable bonds is 0. The number of nitrogens with one attached hydrogen (secondary N) is 2. The van der Waals surface area contributed by atoms with Crippen molar-refractivity contribution in [1.82, 2.24) is 24.9 Å². The van der Waals surface area contributed by atoms with Gasteiger partial charge in [0.1, 0.15) is 0 Å². The van der Waals surface area contributed by atoms with Gasteiger partial charge in [0.25, 0.3) is 0 Å². The van der Waals surface area contributed by atoms with E-state index in [1.165, 1.54) is 10.8 Å². The van der Waals surface area contributed by atoms with Crippen molar-refractivity contribution in [2.45, 2.75) is 0 Å². The van der Waals surface area contributed by atoms with Crippen molar-refractivity contribution in [2.24, 2.45) is 0 Å². The number of H-pyrrole nitrogens is 2. The number of hydrogen-bond acceptors (Lipinski definition) is 3. The monoisotopic (exact) mass is 315 g/mol. The summed E-state index contributed by atoms with van der Waals surface area (Å²) in [5, 5.41) is 2.45. The van der Waals surface area contributed by atoms with Gasteiger partial charge >= 0.3 is 0 Å². The zero-order valence-electron chi connectivity index (χ0n) is 13.0. The highest BCUT2D eigenvalue weighted by atomic mass is 14.9. The van der Waals surface area contributed by atoms with Gasteiger partial charge in [0.15, 0.2) is 0 Å². The van der Waals surface area contributed by atoms with E-state index in [4.69, 9.17) is 0 Å². The minimum atomic E-state index is 1.03. The van der Waals surface area contributed by atoms with Gasteiger partial charge in [-0.05, 0) is 29.0 Å². The predicted molar refractivity (Wildman–Crippen MR) is 96.4 cm³/mol. The summed E-state index contributed by atoms with van der Waals surface area (Å²) in [5.74, 6) is 0. The van der Waals surface area contributed by atoms with Gasteiger partial charge in [-0.1, -0.05) is 36.4 Å². The second-order valence-electron chi connectivity index (χ2n) is 4.90. The molecule has 0 bridgehead atoms. The molecule has 0 unspecified atom stereocenters. The minimum absolute atomic E-state index is 1.03. The molecule has 0 aliphatic heterocycles. The molecule has 24 heavy (non-hydrogen) atoms. The fourth-order valence-corrected chi connectivity index (χ4v) is 2.12. The Bertz CT molecular complexity index is 860. The van der Waals surface area contributed by atoms with E-state index in [2.05, 4.69) is 37.1 Å². The van der Waals surface area contributed by atoms with E-state index in [1.54, 1.807) is 25.0 Å². The Kier molecular flexibility index (Phi) is 5.30. The number of aromatic nitrogens is 5. The summed E-state index contributed by atoms with van der Waals surface area (Å²) in [6, 6.07) is 18.1. The van der Waals surface area contributed by atoms with Crippen LogP contribution < -0.4 is 0 Å². The van der Waals surface area contributed by atoms with Crippen LogP contribution in [0.15, 0.2) is 92.0 Å². The van der Waals surface area contributed by atoms with E-state index in [0.717, 1.165) is 11.0 Å². The van der Waals surface area contributed by atoms with Crippen LogP contribution in [0.5, 0.6) is 0 Å². The van der Waals surface area contributed by atoms with Gasteiger partial charge in [0, 0.05) is 24.8 Å². The third-order valence-corrected chi connectivity index (χ3v) is 3.28. The Hall–Kier alpha value is -3.47. The molecule has 0 saturated heterocycles. The van der Waals surface area contributed by atoms with E-state index in [-0.39, 0.29) is 0 Å². The maximum absolute atomic E-state index is 4.06. The molecule has 3 aromatic heterocycles. The molecule has 5 aromatic rings. The van der Waals surface area contributed by atoms with Crippen LogP contribution in [0.2, 0.25) is 0 Å². The van der Waals surface area contributed by atoms with Gasteiger partial charge < -0.3 is 9.97 Å². The van der Waals surface area contributed by atoms with Crippen LogP contribution >= 0.6 is 0 Å². The highest BCUT2D eigenvalue weighted by Gasteiger charge is 1.88. The number of imidazole rings is 2. The maximum atomic E-state index is 4.06. The molecule has 3 heterocycles. The molecule has 0 atom stereocenters. The zero-order chi connectivity index (χ0) is 16.5. The molecule has 0 spiro atoms. The Morgan fingerprint density at radius 1 is 0.708 bits per heavy atom. The number of pyridine rings is 1. The average Bonchev–Trinajstić information content (AvgIpc) is 3.37. The van der Waals surface area contributed by atoms with Crippen LogP contribution in [0, 0.1) is 0 Å². The SMILES string of the molecule is c1c[nH]cn1.c1ccc2[nH]cnc2c1.c1ccc2cnccc2c1. The quantitative estimate of drug-likeness (QED) is 0.450. The molecule has 5 rings (SSSR count). The van der Waals surface area contributed by atoms with Crippen molar-refractivity contribution in [1.29, 1.82) is 0 Å². The largest absolute Gasteiger partial charge is 0.351 e. The third kappa shape index (κ3) is 4.27. The number of nitrogens with zero attached hydrogens (tertiary/aromatic N) is 3. The lowest BCUT2D eigenvalue weighted by Crippen LogP contribution is -1.71. The van der Waals surface area contributed by atoms with Crippen LogP contribution in [0.1, 0.15) is 0 Å². The van der Waals surface area contributed by atoms with Crippen LogP contribution in [0.3, 0.4) is 0 Å². The first-order valence-corrected chi connectivity index (χ1v) is 7.53. The van der Waals surface area contributed by atoms with Gasteiger partial charge in [-0.3, -0.25) is 4.98 Å². The highest BCUT2D eigenvalue weighted by molar-refractivity contribution is 5.81. The molecule has 2 aromatic carbocycles. The number of para-hydroxylation sites is 2. The summed E-state index contributed by atoms with van der Waals surface area (Å²) in [7, 11) is 0. The standard InChI is InChI=1S/C9H7N.C7H6N2.C3H4N2/c1-2-4-9-7-10-6-5-8(9)3-1;1-2-4-7-6(3-1)8-5-9-7;1-2-5-3-4-1/h1-7H;1-5H,(H,8,9);1-3H,(H,4,5). The molecule has 0 fully saturated rings. The third-order valence-electron chi connectivity index (χ3n) is 3.28. The first-order chi connectivity index (χ1) is 11.9. The topological polar surface area (TPSA) is 70.2 Å². The van der Waals surface area contributed by atoms with Crippen molar-refractivity contribution in [2.75, 3.05) is 0 Å². The summed E-state index contributed by atoms with van der Waals surface area (Å²) >= 11 is 0. The Labute approximate surface area is 139 Å². The first-order valence-electron chi connectivity index (χ1n) is 7.53. The molecular formula is C19H17N5. The number of hydrogen-bond donors (Lipinski definition) is 2. The van der Waals surface area contributed by atoms with Crippen LogP contribution in [-0.4, -0.2) is 24.9 Å². The Morgan fingerprint density at radius 2 is 1.54 bits per heavy atom. The molecule has 0 radical (unpaired) electrons. The molecule has 118 valence electrons. The van der Waals surface area contributed by atoms with E-state index >= 15 is 0 Å². The molecule has 5 nitrogen and oxygen atoms in total. The van der Waals surface area contributed by atoms with Gasteiger partial charge in [-0.2, -0.15) is 0 Å². The second kappa shape index (κ2) is 8.24. The molecule has 0 saturated carbocycles. The summed E-state index contributed by atoms with van der Waals surface area (Å²) < 4.78 is 0. The van der Waals surface area contributed by atoms with E-state index in [0.29, 0.717) is 0 Å². The molecule has 5 heteroatoms. The number of aromatic amines is 2. The minimum Gasteiger partial charge on any atom is -0.351 e. The smallest absolute Gasteiger partial charge is 0.0931 e. The van der Waals surface area contributed by atoms with Gasteiger partial charge in [-0.15, -0.1) is 0 Å². The maximum Gasteiger partial charge on any atom is 0.0931 e. The highest BCUT2D eigenvalue weighted by Crippen LogP contribution is 2.09. The molecule has 0 amide bonds. The average molecular weight is 315 g/mol. The summed E-state index contributed by atoms with van der Waals surface area (Å²) in [4.78, 5) is 17.5. The molecular weight excluding hydrogens is 298 g/mol. The van der Waals surface area contributed by atoms with Crippen molar-refractivity contribution in [3.8, 4) is 0 Å². The van der Waals surface area contributed by atoms with Gasteiger partial charge in [-0.25, -0.2) is 9.97 Å². The molecule has 0 aliphatic carbocycles.